The van der Waals surface area contributed by atoms with Crippen LogP contribution in [0.15, 0.2) is 29.7 Å². The summed E-state index contributed by atoms with van der Waals surface area (Å²) in [6, 6.07) is 0.815. The minimum atomic E-state index is -4.07. The fraction of sp³-hybridized carbons (Fsp3) is 0.600. The summed E-state index contributed by atoms with van der Waals surface area (Å²) in [5.74, 6) is -0.756. The van der Waals surface area contributed by atoms with E-state index >= 15 is 0 Å². The lowest BCUT2D eigenvalue weighted by atomic mass is 10.1. The highest BCUT2D eigenvalue weighted by molar-refractivity contribution is 8.44. The summed E-state index contributed by atoms with van der Waals surface area (Å²) < 4.78 is 56.8. The van der Waals surface area contributed by atoms with Gasteiger partial charge in [-0.05, 0) is 12.8 Å². The Morgan fingerprint density at radius 1 is 1.07 bits per heavy atom. The molecule has 0 aromatic carbocycles. The number of nitrogens with zero attached hydrogens (tertiary/aromatic N) is 6. The predicted octanol–water partition coefficient (Wildman–Crippen LogP) is 1.98. The standard InChI is InChI=1S/C20H25N7O9P2S2/c28-17-11-4-13(27-19-16(25-26-27)20(29)24-9-23-19)18(17)36-38(31,40)32-6-10-3-12(34-15-1-2-21-8-22-15)5-14(10)35-37(30,39)33-7-11/h1-2,8-14,17-18,28H,3-7H2,(H,30,39)(H,31,40)(H,23,24,29)/t10-,11-,12-,13-,14+,17-,18+,37+,38-/m1/s1. The minimum absolute atomic E-state index is 0.0191. The van der Waals surface area contributed by atoms with E-state index in [4.69, 9.17) is 22.8 Å². The molecule has 3 aromatic rings. The Labute approximate surface area is 236 Å². The lowest BCUT2D eigenvalue weighted by Crippen LogP contribution is -2.33. The van der Waals surface area contributed by atoms with Crippen molar-refractivity contribution in [3.63, 3.8) is 0 Å². The molecule has 2 N–H and O–H groups in total. The van der Waals surface area contributed by atoms with Crippen LogP contribution in [0.3, 0.4) is 0 Å². The van der Waals surface area contributed by atoms with Crippen molar-refractivity contribution in [2.24, 2.45) is 11.8 Å². The fourth-order valence-electron chi connectivity index (χ4n) is 5.34. The van der Waals surface area contributed by atoms with E-state index in [2.05, 4.69) is 54.7 Å². The van der Waals surface area contributed by atoms with E-state index in [0.717, 1.165) is 0 Å². The zero-order valence-electron chi connectivity index (χ0n) is 20.6. The van der Waals surface area contributed by atoms with Crippen molar-refractivity contribution >= 4 is 49.3 Å². The molecule has 16 nitrogen and oxygen atoms in total. The van der Waals surface area contributed by atoms with Crippen molar-refractivity contribution in [2.75, 3.05) is 13.2 Å². The van der Waals surface area contributed by atoms with Gasteiger partial charge in [0.2, 0.25) is 5.88 Å². The molecule has 3 aromatic heterocycles. The Morgan fingerprint density at radius 3 is 2.62 bits per heavy atom. The zero-order chi connectivity index (χ0) is 28.1. The molecule has 2 aliphatic carbocycles. The van der Waals surface area contributed by atoms with Crippen LogP contribution in [-0.2, 0) is 27.2 Å². The first-order chi connectivity index (χ1) is 19.1. The molecule has 0 amide bonds. The van der Waals surface area contributed by atoms with Crippen LogP contribution in [0, 0.1) is 11.8 Å². The Balaban J connectivity index is 1.27. The summed E-state index contributed by atoms with van der Waals surface area (Å²) in [7, 11) is 0. The largest absolute Gasteiger partial charge is 0.474 e. The number of hydrogen-bond donors (Lipinski definition) is 4. The maximum Gasteiger partial charge on any atom is 0.386 e. The van der Waals surface area contributed by atoms with Gasteiger partial charge in [0.15, 0.2) is 11.2 Å². The number of H-pyrrole nitrogens is 1. The third-order valence-electron chi connectivity index (χ3n) is 7.18. The van der Waals surface area contributed by atoms with Crippen LogP contribution in [0.1, 0.15) is 25.3 Å². The van der Waals surface area contributed by atoms with Crippen molar-refractivity contribution in [1.82, 2.24) is 34.9 Å². The third-order valence-corrected chi connectivity index (χ3v) is 10.4. The van der Waals surface area contributed by atoms with Crippen molar-refractivity contribution in [1.29, 1.82) is 0 Å². The van der Waals surface area contributed by atoms with E-state index < -0.39 is 55.3 Å². The number of thiol groups is 2. The Bertz CT molecular complexity index is 1530. The normalized spacial score (nSPS) is 38.7. The molecule has 0 radical (unpaired) electrons. The summed E-state index contributed by atoms with van der Waals surface area (Å²) in [5.41, 5.74) is -0.382. The first-order valence-electron chi connectivity index (χ1n) is 12.3. The summed E-state index contributed by atoms with van der Waals surface area (Å²) >= 11 is 8.33. The Hall–Kier alpha value is -1.88. The fourth-order valence-corrected chi connectivity index (χ4v) is 8.48. The smallest absolute Gasteiger partial charge is 0.386 e. The summed E-state index contributed by atoms with van der Waals surface area (Å²) in [4.78, 5) is 26.6. The molecule has 0 spiro atoms. The van der Waals surface area contributed by atoms with Gasteiger partial charge in [0.1, 0.15) is 18.5 Å². The maximum absolute atomic E-state index is 13.4. The lowest BCUT2D eigenvalue weighted by Gasteiger charge is -2.26. The number of aromatic nitrogens is 7. The number of ether oxygens (including phenoxy) is 1. The van der Waals surface area contributed by atoms with E-state index in [1.165, 1.54) is 17.3 Å². The van der Waals surface area contributed by atoms with Crippen molar-refractivity contribution in [3.05, 3.63) is 35.3 Å². The molecular formula is C20H25N7O9P2S2. The molecule has 6 rings (SSSR count). The van der Waals surface area contributed by atoms with Crippen LogP contribution in [0.5, 0.6) is 5.88 Å². The zero-order valence-corrected chi connectivity index (χ0v) is 24.1. The molecule has 20 heteroatoms. The average molecular weight is 634 g/mol. The monoisotopic (exact) mass is 633 g/mol. The summed E-state index contributed by atoms with van der Waals surface area (Å²) in [6.45, 7) is -8.37. The molecule has 1 saturated heterocycles. The average Bonchev–Trinajstić information content (AvgIpc) is 3.58. The second-order valence-corrected chi connectivity index (χ2v) is 15.5. The molecule has 40 heavy (non-hydrogen) atoms. The Kier molecular flexibility index (Phi) is 7.82. The molecule has 3 aliphatic rings. The van der Waals surface area contributed by atoms with Crippen LogP contribution in [-0.4, -0.2) is 77.7 Å². The highest BCUT2D eigenvalue weighted by Gasteiger charge is 2.50. The van der Waals surface area contributed by atoms with E-state index in [-0.39, 0.29) is 36.9 Å². The molecule has 3 fully saturated rings. The van der Waals surface area contributed by atoms with E-state index in [1.54, 1.807) is 12.3 Å². The van der Waals surface area contributed by atoms with Crippen molar-refractivity contribution in [3.8, 4) is 5.88 Å². The van der Waals surface area contributed by atoms with E-state index in [0.29, 0.717) is 18.7 Å². The SMILES string of the molecule is O=c1[nH]cnc2c1nnn2[C@@H]1C[C@@H]2CO[P@](=O)(S)O[C@H]3C[C@H](Oc4ccncn4)C[C@@H]3CO[P@@](=O)(S)O[C@@H]1[C@@H]2O. The number of aliphatic hydroxyl groups is 1. The number of aromatic amines is 1. The van der Waals surface area contributed by atoms with Gasteiger partial charge in [0.25, 0.3) is 5.56 Å². The topological polar surface area (TPSA) is 203 Å². The minimum Gasteiger partial charge on any atom is -0.474 e. The van der Waals surface area contributed by atoms with Gasteiger partial charge < -0.3 is 23.9 Å². The van der Waals surface area contributed by atoms with E-state index in [1.807, 2.05) is 0 Å². The summed E-state index contributed by atoms with van der Waals surface area (Å²) in [6.07, 6.45) is 1.45. The number of fused-ring (bicyclic) bond motifs is 4. The van der Waals surface area contributed by atoms with Gasteiger partial charge in [-0.1, -0.05) is 29.7 Å². The molecule has 9 atom stereocenters. The number of nitrogens with one attached hydrogen (secondary N) is 1. The van der Waals surface area contributed by atoms with Gasteiger partial charge >= 0.3 is 13.6 Å². The first-order valence-corrected chi connectivity index (χ1v) is 17.7. The van der Waals surface area contributed by atoms with Crippen LogP contribution in [0.4, 0.5) is 0 Å². The number of rotatable bonds is 3. The second kappa shape index (κ2) is 11.1. The van der Waals surface area contributed by atoms with E-state index in [9.17, 15) is 19.0 Å². The van der Waals surface area contributed by atoms with Crippen molar-refractivity contribution in [2.45, 2.75) is 49.7 Å². The molecule has 4 heterocycles. The highest BCUT2D eigenvalue weighted by Crippen LogP contribution is 2.61. The van der Waals surface area contributed by atoms with Crippen LogP contribution in [0.25, 0.3) is 11.2 Å². The molecule has 1 aliphatic heterocycles. The van der Waals surface area contributed by atoms with Gasteiger partial charge in [0.05, 0.1) is 37.8 Å². The quantitative estimate of drug-likeness (QED) is 0.241. The van der Waals surface area contributed by atoms with Gasteiger partial charge in [-0.25, -0.2) is 28.8 Å². The predicted molar refractivity (Wildman–Crippen MR) is 143 cm³/mol. The van der Waals surface area contributed by atoms with Crippen LogP contribution >= 0.6 is 38.1 Å². The van der Waals surface area contributed by atoms with Gasteiger partial charge in [0, 0.05) is 30.5 Å². The van der Waals surface area contributed by atoms with Crippen LogP contribution < -0.4 is 10.3 Å². The highest BCUT2D eigenvalue weighted by atomic mass is 32.7. The molecular weight excluding hydrogens is 608 g/mol. The summed E-state index contributed by atoms with van der Waals surface area (Å²) in [5, 5.41) is 19.1. The van der Waals surface area contributed by atoms with Crippen LogP contribution in [0.2, 0.25) is 0 Å². The van der Waals surface area contributed by atoms with Gasteiger partial charge in [-0.3, -0.25) is 13.8 Å². The maximum atomic E-state index is 13.4. The molecule has 0 unspecified atom stereocenters. The van der Waals surface area contributed by atoms with Gasteiger partial charge in [-0.2, -0.15) is 0 Å². The molecule has 2 bridgehead atoms. The molecule has 216 valence electrons. The van der Waals surface area contributed by atoms with Crippen molar-refractivity contribution < 1.29 is 37.1 Å². The Morgan fingerprint density at radius 2 is 1.85 bits per heavy atom. The second-order valence-electron chi connectivity index (χ2n) is 9.75. The third kappa shape index (κ3) is 5.87. The number of hydrogen-bond acceptors (Lipinski definition) is 14. The molecule has 2 saturated carbocycles. The number of aliphatic hydroxyl groups excluding tert-OH is 1. The van der Waals surface area contributed by atoms with Gasteiger partial charge in [-0.15, -0.1) is 5.10 Å². The lowest BCUT2D eigenvalue weighted by molar-refractivity contribution is 0.00533. The first kappa shape index (κ1) is 28.2.